The van der Waals surface area contributed by atoms with E-state index in [0.717, 1.165) is 17.9 Å². The molecule has 0 amide bonds. The second-order valence-electron chi connectivity index (χ2n) is 4.96. The molecule has 0 aromatic carbocycles. The van der Waals surface area contributed by atoms with Crippen molar-refractivity contribution in [2.45, 2.75) is 38.5 Å². The molecule has 0 bridgehead atoms. The van der Waals surface area contributed by atoms with Crippen molar-refractivity contribution in [3.8, 4) is 6.07 Å². The zero-order valence-corrected chi connectivity index (χ0v) is 9.78. The Balaban J connectivity index is 1.88. The fourth-order valence-electron chi connectivity index (χ4n) is 2.72. The minimum absolute atomic E-state index is 0.622. The lowest BCUT2D eigenvalue weighted by Crippen LogP contribution is -2.14. The van der Waals surface area contributed by atoms with Crippen molar-refractivity contribution in [1.82, 2.24) is 0 Å². The molecule has 1 heteroatoms. The maximum Gasteiger partial charge on any atom is 0.0988 e. The van der Waals surface area contributed by atoms with E-state index in [1.807, 2.05) is 6.08 Å². The third-order valence-electron chi connectivity index (χ3n) is 3.78. The molecule has 0 N–H and O–H groups in total. The van der Waals surface area contributed by atoms with Crippen molar-refractivity contribution in [2.24, 2.45) is 11.8 Å². The Bertz CT molecular complexity index is 367. The molecule has 16 heavy (non-hydrogen) atoms. The predicted molar refractivity (Wildman–Crippen MR) is 66.7 cm³/mol. The van der Waals surface area contributed by atoms with Crippen LogP contribution >= 0.6 is 0 Å². The smallest absolute Gasteiger partial charge is 0.0988 e. The van der Waals surface area contributed by atoms with Gasteiger partial charge in [0.1, 0.15) is 0 Å². The molecule has 1 nitrogen and oxygen atoms in total. The predicted octanol–water partition coefficient (Wildman–Crippen LogP) is 4.15. The summed E-state index contributed by atoms with van der Waals surface area (Å²) in [5, 5.41) is 8.76. The van der Waals surface area contributed by atoms with Crippen molar-refractivity contribution >= 4 is 0 Å². The van der Waals surface area contributed by atoms with E-state index < -0.39 is 0 Å². The van der Waals surface area contributed by atoms with Gasteiger partial charge in [0, 0.05) is 5.57 Å². The highest BCUT2D eigenvalue weighted by Gasteiger charge is 2.20. The molecule has 0 radical (unpaired) electrons. The summed E-state index contributed by atoms with van der Waals surface area (Å²) in [6.45, 7) is 4.20. The Labute approximate surface area is 98.2 Å². The summed E-state index contributed by atoms with van der Waals surface area (Å²) in [7, 11) is 0. The summed E-state index contributed by atoms with van der Waals surface area (Å²) < 4.78 is 0. The molecule has 1 fully saturated rings. The average molecular weight is 213 g/mol. The van der Waals surface area contributed by atoms with Gasteiger partial charge in [-0.3, -0.25) is 0 Å². The molecule has 0 aliphatic heterocycles. The third-order valence-corrected chi connectivity index (χ3v) is 3.78. The molecule has 2 unspecified atom stereocenters. The van der Waals surface area contributed by atoms with Gasteiger partial charge in [0.15, 0.2) is 0 Å². The number of rotatable bonds is 2. The summed E-state index contributed by atoms with van der Waals surface area (Å²) >= 11 is 0. The van der Waals surface area contributed by atoms with E-state index in [4.69, 9.17) is 5.26 Å². The van der Waals surface area contributed by atoms with Crippen molar-refractivity contribution in [3.05, 3.63) is 36.0 Å². The van der Waals surface area contributed by atoms with Crippen molar-refractivity contribution < 1.29 is 0 Å². The van der Waals surface area contributed by atoms with Crippen LogP contribution < -0.4 is 0 Å². The van der Waals surface area contributed by atoms with Gasteiger partial charge in [-0.2, -0.15) is 5.26 Å². The molecule has 2 rings (SSSR count). The Hall–Kier alpha value is -1.29. The molecule has 2 aliphatic rings. The fourth-order valence-corrected chi connectivity index (χ4v) is 2.72. The topological polar surface area (TPSA) is 23.8 Å². The second-order valence-corrected chi connectivity index (χ2v) is 4.96. The molecule has 2 atom stereocenters. The van der Waals surface area contributed by atoms with Gasteiger partial charge in [-0.1, -0.05) is 30.7 Å². The maximum atomic E-state index is 8.76. The highest BCUT2D eigenvalue weighted by molar-refractivity contribution is 5.35. The summed E-state index contributed by atoms with van der Waals surface area (Å²) in [4.78, 5) is 0. The number of hydrogen-bond donors (Lipinski definition) is 0. The molecule has 84 valence electrons. The van der Waals surface area contributed by atoms with Gasteiger partial charge in [-0.15, -0.1) is 0 Å². The molecule has 0 aromatic rings. The summed E-state index contributed by atoms with van der Waals surface area (Å²) in [5.41, 5.74) is 2.27. The zero-order valence-electron chi connectivity index (χ0n) is 9.78. The fraction of sp³-hybridized carbons (Fsp3) is 0.533. The van der Waals surface area contributed by atoms with E-state index >= 15 is 0 Å². The minimum atomic E-state index is 0.622. The van der Waals surface area contributed by atoms with E-state index in [9.17, 15) is 0 Å². The molecule has 0 aromatic heterocycles. The van der Waals surface area contributed by atoms with Gasteiger partial charge in [0.25, 0.3) is 0 Å². The Kier molecular flexibility index (Phi) is 3.62. The normalized spacial score (nSPS) is 29.7. The van der Waals surface area contributed by atoms with Crippen LogP contribution in [-0.4, -0.2) is 0 Å². The molecule has 0 spiro atoms. The van der Waals surface area contributed by atoms with E-state index in [2.05, 4.69) is 24.8 Å². The number of hydrogen-bond acceptors (Lipinski definition) is 1. The van der Waals surface area contributed by atoms with Crippen molar-refractivity contribution in [2.75, 3.05) is 0 Å². The van der Waals surface area contributed by atoms with Crippen LogP contribution in [0.3, 0.4) is 0 Å². The molecule has 2 aliphatic carbocycles. The minimum Gasteiger partial charge on any atom is -0.192 e. The van der Waals surface area contributed by atoms with Crippen LogP contribution in [0.25, 0.3) is 0 Å². The molecule has 1 saturated carbocycles. The van der Waals surface area contributed by atoms with E-state index in [1.165, 1.54) is 37.7 Å². The highest BCUT2D eigenvalue weighted by atomic mass is 14.3. The first-order chi connectivity index (χ1) is 7.79. The summed E-state index contributed by atoms with van der Waals surface area (Å²) in [6, 6.07) is 2.19. The number of nitrogens with zero attached hydrogens (tertiary/aromatic N) is 1. The van der Waals surface area contributed by atoms with Crippen molar-refractivity contribution in [3.63, 3.8) is 0 Å². The first-order valence-electron chi connectivity index (χ1n) is 6.25. The summed E-state index contributed by atoms with van der Waals surface area (Å²) in [6.07, 6.45) is 13.7. The van der Waals surface area contributed by atoms with Gasteiger partial charge in [0.05, 0.1) is 6.07 Å². The van der Waals surface area contributed by atoms with E-state index in [-0.39, 0.29) is 0 Å². The Morgan fingerprint density at radius 2 is 2.31 bits per heavy atom. The van der Waals surface area contributed by atoms with Crippen molar-refractivity contribution in [1.29, 1.82) is 5.26 Å². The van der Waals surface area contributed by atoms with E-state index in [1.54, 1.807) is 0 Å². The Morgan fingerprint density at radius 1 is 1.44 bits per heavy atom. The van der Waals surface area contributed by atoms with Gasteiger partial charge >= 0.3 is 0 Å². The lowest BCUT2D eigenvalue weighted by Gasteiger charge is -2.27. The number of nitriles is 1. The lowest BCUT2D eigenvalue weighted by atomic mass is 9.78. The molecular formula is C15H19N. The highest BCUT2D eigenvalue weighted by Crippen LogP contribution is 2.34. The lowest BCUT2D eigenvalue weighted by molar-refractivity contribution is 0.385. The number of allylic oxidation sites excluding steroid dienone is 5. The summed E-state index contributed by atoms with van der Waals surface area (Å²) in [5.74, 6) is 1.34. The monoisotopic (exact) mass is 213 g/mol. The first kappa shape index (κ1) is 11.2. The molecule has 0 heterocycles. The first-order valence-corrected chi connectivity index (χ1v) is 6.25. The molecule has 0 saturated heterocycles. The standard InChI is InChI=1S/C15H19N/c1-12-4-2-3-5-15(12)10-13-6-8-14(11-16)9-7-13/h6,8-9,13,15H,1-5,7,10H2. The largest absolute Gasteiger partial charge is 0.192 e. The molecular weight excluding hydrogens is 194 g/mol. The van der Waals surface area contributed by atoms with Gasteiger partial charge in [-0.05, 0) is 50.0 Å². The van der Waals surface area contributed by atoms with Gasteiger partial charge < -0.3 is 0 Å². The van der Waals surface area contributed by atoms with Crippen LogP contribution in [0.4, 0.5) is 0 Å². The van der Waals surface area contributed by atoms with Gasteiger partial charge in [-0.25, -0.2) is 0 Å². The average Bonchev–Trinajstić information content (AvgIpc) is 2.33. The van der Waals surface area contributed by atoms with Crippen LogP contribution in [0, 0.1) is 23.2 Å². The van der Waals surface area contributed by atoms with Crippen LogP contribution in [0.15, 0.2) is 36.0 Å². The quantitative estimate of drug-likeness (QED) is 0.632. The van der Waals surface area contributed by atoms with Crippen LogP contribution in [0.5, 0.6) is 0 Å². The van der Waals surface area contributed by atoms with E-state index in [0.29, 0.717) is 5.92 Å². The SMILES string of the molecule is C=C1CCCCC1CC1C=CC(C#N)=CC1. The Morgan fingerprint density at radius 3 is 2.94 bits per heavy atom. The van der Waals surface area contributed by atoms with Crippen LogP contribution in [-0.2, 0) is 0 Å². The second kappa shape index (κ2) is 5.16. The van der Waals surface area contributed by atoms with Crippen LogP contribution in [0.2, 0.25) is 0 Å². The maximum absolute atomic E-state index is 8.76. The zero-order chi connectivity index (χ0) is 11.4. The van der Waals surface area contributed by atoms with Gasteiger partial charge in [0.2, 0.25) is 0 Å². The van der Waals surface area contributed by atoms with Crippen LogP contribution in [0.1, 0.15) is 38.5 Å². The third kappa shape index (κ3) is 2.64.